The zero-order valence-electron chi connectivity index (χ0n) is 9.20. The van der Waals surface area contributed by atoms with Crippen LogP contribution in [0, 0.1) is 0 Å². The number of rotatable bonds is 3. The number of nitrogen functional groups attached to an aromatic ring is 1. The van der Waals surface area contributed by atoms with Crippen LogP contribution in [0.5, 0.6) is 0 Å². The second-order valence-corrected chi connectivity index (χ2v) is 4.35. The summed E-state index contributed by atoms with van der Waals surface area (Å²) in [6.07, 6.45) is 3.11. The summed E-state index contributed by atoms with van der Waals surface area (Å²) in [6, 6.07) is 7.69. The van der Waals surface area contributed by atoms with Crippen LogP contribution in [0.2, 0.25) is 0 Å². The zero-order valence-corrected chi connectivity index (χ0v) is 10.0. The van der Waals surface area contributed by atoms with Crippen molar-refractivity contribution in [3.05, 3.63) is 36.7 Å². The molecule has 0 saturated carbocycles. The molecule has 0 amide bonds. The van der Waals surface area contributed by atoms with E-state index in [-0.39, 0.29) is 0 Å². The van der Waals surface area contributed by atoms with Crippen molar-refractivity contribution in [3.8, 4) is 0 Å². The van der Waals surface area contributed by atoms with Gasteiger partial charge in [0.15, 0.2) is 0 Å². The first kappa shape index (κ1) is 11.0. The standard InChI is InChI=1S/C11H9N5OS/c12-16-10-14-8-4-2-1-3-7(8)9(15-10)18-11-13-5-6-17-11/h1-6H,12H2,(H,14,15,16). The molecule has 6 nitrogen and oxygen atoms in total. The van der Waals surface area contributed by atoms with Crippen molar-refractivity contribution >= 4 is 28.6 Å². The van der Waals surface area contributed by atoms with Gasteiger partial charge in [-0.05, 0) is 17.8 Å². The first-order valence-corrected chi connectivity index (χ1v) is 5.99. The fraction of sp³-hybridized carbons (Fsp3) is 0. The molecule has 3 N–H and O–H groups in total. The Bertz CT molecular complexity index is 670. The number of hydrogen-bond acceptors (Lipinski definition) is 7. The third-order valence-electron chi connectivity index (χ3n) is 2.29. The summed E-state index contributed by atoms with van der Waals surface area (Å²) in [7, 11) is 0. The molecule has 0 aliphatic heterocycles. The molecule has 7 heteroatoms. The molecule has 0 saturated heterocycles. The fourth-order valence-electron chi connectivity index (χ4n) is 1.53. The van der Waals surface area contributed by atoms with Gasteiger partial charge in [-0.1, -0.05) is 18.2 Å². The Kier molecular flexibility index (Phi) is 2.83. The maximum Gasteiger partial charge on any atom is 0.261 e. The molecule has 1 aromatic carbocycles. The van der Waals surface area contributed by atoms with Gasteiger partial charge in [0, 0.05) is 5.39 Å². The Hall–Kier alpha value is -2.12. The predicted molar refractivity (Wildman–Crippen MR) is 68.0 cm³/mol. The van der Waals surface area contributed by atoms with Crippen molar-refractivity contribution in [1.82, 2.24) is 15.0 Å². The molecule has 0 aliphatic carbocycles. The van der Waals surface area contributed by atoms with Gasteiger partial charge in [-0.3, -0.25) is 5.43 Å². The van der Waals surface area contributed by atoms with Crippen molar-refractivity contribution < 1.29 is 4.42 Å². The molecule has 0 atom stereocenters. The number of hydrogen-bond donors (Lipinski definition) is 2. The Morgan fingerprint density at radius 3 is 2.89 bits per heavy atom. The average Bonchev–Trinajstić information content (AvgIpc) is 2.91. The largest absolute Gasteiger partial charge is 0.440 e. The number of anilines is 1. The van der Waals surface area contributed by atoms with Crippen LogP contribution in [0.15, 0.2) is 51.4 Å². The summed E-state index contributed by atoms with van der Waals surface area (Å²) in [4.78, 5) is 12.6. The van der Waals surface area contributed by atoms with E-state index >= 15 is 0 Å². The Morgan fingerprint density at radius 1 is 1.22 bits per heavy atom. The lowest BCUT2D eigenvalue weighted by molar-refractivity contribution is 0.454. The van der Waals surface area contributed by atoms with Gasteiger partial charge < -0.3 is 4.42 Å². The average molecular weight is 259 g/mol. The SMILES string of the molecule is NNc1nc(Sc2ncco2)c2ccccc2n1. The van der Waals surface area contributed by atoms with E-state index in [1.807, 2.05) is 24.3 Å². The highest BCUT2D eigenvalue weighted by atomic mass is 32.2. The van der Waals surface area contributed by atoms with E-state index in [0.29, 0.717) is 11.2 Å². The second kappa shape index (κ2) is 4.63. The lowest BCUT2D eigenvalue weighted by Gasteiger charge is -2.05. The minimum Gasteiger partial charge on any atom is -0.440 e. The minimum atomic E-state index is 0.364. The first-order valence-electron chi connectivity index (χ1n) is 5.17. The van der Waals surface area contributed by atoms with Crippen molar-refractivity contribution in [2.45, 2.75) is 10.2 Å². The van der Waals surface area contributed by atoms with Crippen molar-refractivity contribution in [2.75, 3.05) is 5.43 Å². The monoisotopic (exact) mass is 259 g/mol. The van der Waals surface area contributed by atoms with Gasteiger partial charge in [-0.25, -0.2) is 20.8 Å². The molecule has 3 rings (SSSR count). The van der Waals surface area contributed by atoms with E-state index in [1.165, 1.54) is 18.0 Å². The highest BCUT2D eigenvalue weighted by Gasteiger charge is 2.10. The van der Waals surface area contributed by atoms with Gasteiger partial charge in [0.2, 0.25) is 5.95 Å². The molecule has 0 spiro atoms. The summed E-state index contributed by atoms with van der Waals surface area (Å²) in [5.41, 5.74) is 3.27. The third kappa shape index (κ3) is 2.01. The van der Waals surface area contributed by atoms with E-state index in [1.54, 1.807) is 6.20 Å². The summed E-state index contributed by atoms with van der Waals surface area (Å²) >= 11 is 1.33. The van der Waals surface area contributed by atoms with Gasteiger partial charge in [-0.15, -0.1) is 0 Å². The van der Waals surface area contributed by atoms with Gasteiger partial charge in [-0.2, -0.15) is 0 Å². The van der Waals surface area contributed by atoms with Crippen LogP contribution in [-0.4, -0.2) is 15.0 Å². The molecule has 2 heterocycles. The number of nitrogens with two attached hydrogens (primary N) is 1. The Labute approximate surface area is 107 Å². The third-order valence-corrected chi connectivity index (χ3v) is 3.17. The molecular weight excluding hydrogens is 250 g/mol. The van der Waals surface area contributed by atoms with E-state index in [0.717, 1.165) is 15.9 Å². The lowest BCUT2D eigenvalue weighted by Crippen LogP contribution is -2.10. The normalized spacial score (nSPS) is 10.7. The van der Waals surface area contributed by atoms with E-state index in [4.69, 9.17) is 10.3 Å². The van der Waals surface area contributed by atoms with Crippen LogP contribution in [0.25, 0.3) is 10.9 Å². The summed E-state index contributed by atoms with van der Waals surface area (Å²) in [5, 5.41) is 2.21. The molecule has 18 heavy (non-hydrogen) atoms. The summed E-state index contributed by atoms with van der Waals surface area (Å²) < 4.78 is 5.20. The number of hydrazine groups is 1. The lowest BCUT2D eigenvalue weighted by atomic mass is 10.2. The number of aromatic nitrogens is 3. The molecule has 0 radical (unpaired) electrons. The van der Waals surface area contributed by atoms with Crippen LogP contribution < -0.4 is 11.3 Å². The number of benzene rings is 1. The maximum absolute atomic E-state index is 5.36. The molecule has 90 valence electrons. The van der Waals surface area contributed by atoms with Crippen molar-refractivity contribution in [1.29, 1.82) is 0 Å². The van der Waals surface area contributed by atoms with E-state index < -0.39 is 0 Å². The van der Waals surface area contributed by atoms with Gasteiger partial charge in [0.25, 0.3) is 5.22 Å². The molecule has 0 unspecified atom stereocenters. The van der Waals surface area contributed by atoms with E-state index in [9.17, 15) is 0 Å². The second-order valence-electron chi connectivity index (χ2n) is 3.41. The van der Waals surface area contributed by atoms with Crippen LogP contribution in [0.4, 0.5) is 5.95 Å². The molecule has 2 aromatic heterocycles. The molecule has 0 fully saturated rings. The zero-order chi connectivity index (χ0) is 12.4. The molecule has 0 aliphatic rings. The highest BCUT2D eigenvalue weighted by Crippen LogP contribution is 2.30. The van der Waals surface area contributed by atoms with Gasteiger partial charge in [0.05, 0.1) is 11.7 Å². The van der Waals surface area contributed by atoms with Crippen LogP contribution in [0.1, 0.15) is 0 Å². The van der Waals surface area contributed by atoms with Crippen LogP contribution >= 0.6 is 11.8 Å². The Morgan fingerprint density at radius 2 is 2.11 bits per heavy atom. The van der Waals surface area contributed by atoms with Crippen LogP contribution in [-0.2, 0) is 0 Å². The first-order chi connectivity index (χ1) is 8.86. The molecular formula is C11H9N5OS. The predicted octanol–water partition coefficient (Wildman–Crippen LogP) is 2.05. The number of nitrogens with one attached hydrogen (secondary N) is 1. The summed E-state index contributed by atoms with van der Waals surface area (Å²) in [6.45, 7) is 0. The molecule has 0 bridgehead atoms. The number of fused-ring (bicyclic) bond motifs is 1. The summed E-state index contributed by atoms with van der Waals surface area (Å²) in [5.74, 6) is 5.72. The van der Waals surface area contributed by atoms with E-state index in [2.05, 4.69) is 20.4 Å². The highest BCUT2D eigenvalue weighted by molar-refractivity contribution is 7.99. The fourth-order valence-corrected chi connectivity index (χ4v) is 2.33. The van der Waals surface area contributed by atoms with Crippen molar-refractivity contribution in [3.63, 3.8) is 0 Å². The van der Waals surface area contributed by atoms with Crippen molar-refractivity contribution in [2.24, 2.45) is 5.84 Å². The minimum absolute atomic E-state index is 0.364. The number of nitrogens with zero attached hydrogens (tertiary/aromatic N) is 3. The maximum atomic E-state index is 5.36. The van der Waals surface area contributed by atoms with Crippen LogP contribution in [0.3, 0.4) is 0 Å². The van der Waals surface area contributed by atoms with Gasteiger partial charge in [0.1, 0.15) is 11.3 Å². The van der Waals surface area contributed by atoms with Gasteiger partial charge >= 0.3 is 0 Å². The number of oxazole rings is 1. The Balaban J connectivity index is 2.13. The molecule has 3 aromatic rings. The number of para-hydroxylation sites is 1. The quantitative estimate of drug-likeness (QED) is 0.422. The topological polar surface area (TPSA) is 89.9 Å². The smallest absolute Gasteiger partial charge is 0.261 e.